The monoisotopic (exact) mass is 344 g/mol. The van der Waals surface area contributed by atoms with Crippen molar-refractivity contribution in [1.29, 1.82) is 0 Å². The second-order valence-corrected chi connectivity index (χ2v) is 6.19. The summed E-state index contributed by atoms with van der Waals surface area (Å²) in [5.41, 5.74) is 1.54. The van der Waals surface area contributed by atoms with Crippen molar-refractivity contribution < 1.29 is 9.72 Å². The molecule has 3 rings (SSSR count). The quantitative estimate of drug-likeness (QED) is 0.656. The van der Waals surface area contributed by atoms with E-state index in [0.29, 0.717) is 11.5 Å². The number of amides is 1. The van der Waals surface area contributed by atoms with Crippen molar-refractivity contribution in [3.05, 3.63) is 45.8 Å². The van der Waals surface area contributed by atoms with Gasteiger partial charge in [-0.2, -0.15) is 4.68 Å². The third-order valence-corrected chi connectivity index (χ3v) is 4.42. The maximum Gasteiger partial charge on any atom is 0.390 e. The van der Waals surface area contributed by atoms with Crippen molar-refractivity contribution in [1.82, 2.24) is 19.7 Å². The zero-order valence-corrected chi connectivity index (χ0v) is 14.2. The first-order valence-electron chi connectivity index (χ1n) is 8.09. The Morgan fingerprint density at radius 2 is 2.32 bits per heavy atom. The molecule has 1 unspecified atom stereocenters. The third kappa shape index (κ3) is 3.66. The van der Waals surface area contributed by atoms with Crippen LogP contribution in [0.15, 0.2) is 24.4 Å². The lowest BCUT2D eigenvalue weighted by Crippen LogP contribution is -2.24. The van der Waals surface area contributed by atoms with Crippen LogP contribution in [0.2, 0.25) is 0 Å². The van der Waals surface area contributed by atoms with E-state index in [-0.39, 0.29) is 24.3 Å². The minimum atomic E-state index is -0.575. The van der Waals surface area contributed by atoms with E-state index >= 15 is 0 Å². The number of pyridine rings is 1. The van der Waals surface area contributed by atoms with Crippen LogP contribution in [0.5, 0.6) is 0 Å². The SMILES string of the molecule is Cc1cc([N+](=O)[O-])nn1CC(=O)Nc1ncccc1C1CCCN1C. The van der Waals surface area contributed by atoms with Crippen molar-refractivity contribution in [3.63, 3.8) is 0 Å². The molecule has 132 valence electrons. The van der Waals surface area contributed by atoms with E-state index in [1.54, 1.807) is 13.1 Å². The maximum atomic E-state index is 12.4. The Bertz CT molecular complexity index is 803. The highest BCUT2D eigenvalue weighted by Gasteiger charge is 2.26. The molecule has 1 N–H and O–H groups in total. The Hall–Kier alpha value is -2.81. The summed E-state index contributed by atoms with van der Waals surface area (Å²) in [5.74, 6) is -0.0522. The molecule has 1 fully saturated rings. The van der Waals surface area contributed by atoms with E-state index in [1.807, 2.05) is 12.1 Å². The normalized spacial score (nSPS) is 17.6. The molecule has 0 radical (unpaired) electrons. The van der Waals surface area contributed by atoms with Gasteiger partial charge in [-0.05, 0) is 44.3 Å². The molecule has 9 nitrogen and oxygen atoms in total. The first-order chi connectivity index (χ1) is 12.0. The standard InChI is InChI=1S/C16H20N6O3/c1-11-9-14(22(24)25)19-21(11)10-15(23)18-16-12(5-3-7-17-16)13-6-4-8-20(13)2/h3,5,7,9,13H,4,6,8,10H2,1-2H3,(H,17,18,23). The molecule has 0 saturated carbocycles. The van der Waals surface area contributed by atoms with Gasteiger partial charge in [0.25, 0.3) is 0 Å². The summed E-state index contributed by atoms with van der Waals surface area (Å²) in [4.78, 5) is 29.1. The van der Waals surface area contributed by atoms with Gasteiger partial charge in [-0.25, -0.2) is 4.98 Å². The molecule has 2 aromatic rings. The molecule has 25 heavy (non-hydrogen) atoms. The fourth-order valence-corrected chi connectivity index (χ4v) is 3.14. The number of carbonyl (C=O) groups is 1. The molecule has 0 aliphatic carbocycles. The first-order valence-corrected chi connectivity index (χ1v) is 8.09. The second kappa shape index (κ2) is 6.98. The van der Waals surface area contributed by atoms with Crippen molar-refractivity contribution in [2.75, 3.05) is 18.9 Å². The summed E-state index contributed by atoms with van der Waals surface area (Å²) in [6.45, 7) is 2.59. The highest BCUT2D eigenvalue weighted by molar-refractivity contribution is 5.90. The number of hydrogen-bond acceptors (Lipinski definition) is 6. The van der Waals surface area contributed by atoms with Gasteiger partial charge in [0.2, 0.25) is 5.91 Å². The van der Waals surface area contributed by atoms with Gasteiger partial charge in [0.1, 0.15) is 12.4 Å². The zero-order chi connectivity index (χ0) is 18.0. The molecule has 9 heteroatoms. The second-order valence-electron chi connectivity index (χ2n) is 6.19. The molecule has 0 aromatic carbocycles. The van der Waals surface area contributed by atoms with Crippen molar-refractivity contribution in [2.45, 2.75) is 32.4 Å². The number of anilines is 1. The van der Waals surface area contributed by atoms with Crippen molar-refractivity contribution >= 4 is 17.5 Å². The number of hydrogen-bond donors (Lipinski definition) is 1. The first kappa shape index (κ1) is 17.0. The summed E-state index contributed by atoms with van der Waals surface area (Å²) in [5, 5.41) is 17.4. The van der Waals surface area contributed by atoms with Crippen LogP contribution in [0.4, 0.5) is 11.6 Å². The molecule has 0 spiro atoms. The molecule has 1 saturated heterocycles. The number of aryl methyl sites for hydroxylation is 1. The number of aromatic nitrogens is 3. The van der Waals surface area contributed by atoms with Gasteiger partial charge >= 0.3 is 5.82 Å². The lowest BCUT2D eigenvalue weighted by Gasteiger charge is -2.21. The van der Waals surface area contributed by atoms with Gasteiger partial charge < -0.3 is 15.4 Å². The van der Waals surface area contributed by atoms with Gasteiger partial charge in [0.05, 0.1) is 16.9 Å². The van der Waals surface area contributed by atoms with Crippen LogP contribution in [0.25, 0.3) is 0 Å². The lowest BCUT2D eigenvalue weighted by atomic mass is 10.1. The Morgan fingerprint density at radius 1 is 1.52 bits per heavy atom. The number of carbonyl (C=O) groups excluding carboxylic acids is 1. The zero-order valence-electron chi connectivity index (χ0n) is 14.2. The van der Waals surface area contributed by atoms with Crippen LogP contribution < -0.4 is 5.32 Å². The molecule has 2 aromatic heterocycles. The Morgan fingerprint density at radius 3 is 2.96 bits per heavy atom. The van der Waals surface area contributed by atoms with E-state index in [2.05, 4.69) is 27.3 Å². The molecule has 3 heterocycles. The van der Waals surface area contributed by atoms with Crippen LogP contribution in [0.1, 0.15) is 30.1 Å². The molecular weight excluding hydrogens is 324 g/mol. The summed E-state index contributed by atoms with van der Waals surface area (Å²) in [6, 6.07) is 5.40. The molecule has 0 bridgehead atoms. The number of nitro groups is 1. The van der Waals surface area contributed by atoms with Gasteiger partial charge in [0.15, 0.2) is 0 Å². The van der Waals surface area contributed by atoms with Crippen LogP contribution >= 0.6 is 0 Å². The summed E-state index contributed by atoms with van der Waals surface area (Å²) in [6.07, 6.45) is 3.77. The topological polar surface area (TPSA) is 106 Å². The minimum Gasteiger partial charge on any atom is -0.358 e. The Balaban J connectivity index is 1.74. The average Bonchev–Trinajstić information content (AvgIpc) is 3.14. The van der Waals surface area contributed by atoms with Gasteiger partial charge in [-0.15, -0.1) is 0 Å². The van der Waals surface area contributed by atoms with Crippen LogP contribution in [-0.4, -0.2) is 44.1 Å². The highest BCUT2D eigenvalue weighted by Crippen LogP contribution is 2.33. The van der Waals surface area contributed by atoms with Gasteiger partial charge in [-0.1, -0.05) is 6.07 Å². The van der Waals surface area contributed by atoms with Gasteiger partial charge in [0, 0.05) is 17.8 Å². The summed E-state index contributed by atoms with van der Waals surface area (Å²) < 4.78 is 1.32. The molecule has 1 aliphatic rings. The van der Waals surface area contributed by atoms with Crippen LogP contribution in [0, 0.1) is 17.0 Å². The smallest absolute Gasteiger partial charge is 0.358 e. The van der Waals surface area contributed by atoms with Crippen molar-refractivity contribution in [3.8, 4) is 0 Å². The number of nitrogens with one attached hydrogen (secondary N) is 1. The number of likely N-dealkylation sites (tertiary alicyclic amines) is 1. The number of nitrogens with zero attached hydrogens (tertiary/aromatic N) is 5. The van der Waals surface area contributed by atoms with Gasteiger partial charge in [-0.3, -0.25) is 9.69 Å². The average molecular weight is 344 g/mol. The molecule has 1 aliphatic heterocycles. The predicted octanol–water partition coefficient (Wildman–Crippen LogP) is 1.90. The largest absolute Gasteiger partial charge is 0.390 e. The maximum absolute atomic E-state index is 12.4. The fourth-order valence-electron chi connectivity index (χ4n) is 3.14. The van der Waals surface area contributed by atoms with E-state index in [1.165, 1.54) is 10.7 Å². The fraction of sp³-hybridized carbons (Fsp3) is 0.438. The van der Waals surface area contributed by atoms with E-state index in [0.717, 1.165) is 24.9 Å². The predicted molar refractivity (Wildman–Crippen MR) is 91.1 cm³/mol. The molecular formula is C16H20N6O3. The van der Waals surface area contributed by atoms with E-state index in [9.17, 15) is 14.9 Å². The van der Waals surface area contributed by atoms with E-state index in [4.69, 9.17) is 0 Å². The minimum absolute atomic E-state index is 0.101. The highest BCUT2D eigenvalue weighted by atomic mass is 16.6. The Labute approximate surface area is 144 Å². The Kier molecular flexibility index (Phi) is 4.75. The van der Waals surface area contributed by atoms with Crippen molar-refractivity contribution in [2.24, 2.45) is 0 Å². The third-order valence-electron chi connectivity index (χ3n) is 4.42. The molecule has 1 amide bonds. The molecule has 1 atom stereocenters. The van der Waals surface area contributed by atoms with E-state index < -0.39 is 4.92 Å². The number of rotatable bonds is 5. The summed E-state index contributed by atoms with van der Waals surface area (Å²) in [7, 11) is 2.06. The van der Waals surface area contributed by atoms with Crippen LogP contribution in [-0.2, 0) is 11.3 Å². The summed E-state index contributed by atoms with van der Waals surface area (Å²) >= 11 is 0. The van der Waals surface area contributed by atoms with Crippen LogP contribution in [0.3, 0.4) is 0 Å². The lowest BCUT2D eigenvalue weighted by molar-refractivity contribution is -0.389.